The van der Waals surface area contributed by atoms with Crippen molar-refractivity contribution in [2.45, 2.75) is 57.5 Å². The third kappa shape index (κ3) is 2.73. The Morgan fingerprint density at radius 1 is 1.22 bits per heavy atom. The fourth-order valence-electron chi connectivity index (χ4n) is 4.46. The highest BCUT2D eigenvalue weighted by Crippen LogP contribution is 2.59. The Labute approximate surface area is 143 Å². The van der Waals surface area contributed by atoms with E-state index in [0.717, 1.165) is 12.8 Å². The molecule has 23 heavy (non-hydrogen) atoms. The molecule has 3 heteroatoms. The van der Waals surface area contributed by atoms with Crippen LogP contribution in [-0.2, 0) is 15.3 Å². The Kier molecular flexibility index (Phi) is 5.24. The standard InChI is InChI=1S/C20H32O2Si/c1-8-16(2)19(3,4)23(21-6,22-7)20(5)14-13-17-11-9-10-12-18(17)15-20/h9-14,16H,8,15H2,1-7H3. The highest BCUT2D eigenvalue weighted by atomic mass is 28.4. The van der Waals surface area contributed by atoms with Crippen molar-refractivity contribution >= 4 is 14.6 Å². The van der Waals surface area contributed by atoms with Crippen LogP contribution in [-0.4, -0.2) is 22.8 Å². The molecule has 2 atom stereocenters. The van der Waals surface area contributed by atoms with Crippen LogP contribution in [0, 0.1) is 5.92 Å². The summed E-state index contributed by atoms with van der Waals surface area (Å²) in [6.07, 6.45) is 6.71. The second-order valence-electron chi connectivity index (χ2n) is 7.68. The molecule has 1 aliphatic rings. The number of benzene rings is 1. The quantitative estimate of drug-likeness (QED) is 0.633. The summed E-state index contributed by atoms with van der Waals surface area (Å²) in [6, 6.07) is 8.65. The van der Waals surface area contributed by atoms with E-state index in [4.69, 9.17) is 8.85 Å². The van der Waals surface area contributed by atoms with Crippen molar-refractivity contribution in [1.29, 1.82) is 0 Å². The monoisotopic (exact) mass is 332 g/mol. The lowest BCUT2D eigenvalue weighted by Gasteiger charge is -2.53. The maximum atomic E-state index is 6.30. The number of fused-ring (bicyclic) bond motifs is 1. The first kappa shape index (κ1) is 18.4. The summed E-state index contributed by atoms with van der Waals surface area (Å²) in [5.74, 6) is 0.538. The van der Waals surface area contributed by atoms with Crippen LogP contribution >= 0.6 is 0 Å². The van der Waals surface area contributed by atoms with Gasteiger partial charge >= 0.3 is 8.56 Å². The predicted molar refractivity (Wildman–Crippen MR) is 101 cm³/mol. The Bertz CT molecular complexity index is 575. The Morgan fingerprint density at radius 2 is 1.83 bits per heavy atom. The number of hydrogen-bond acceptors (Lipinski definition) is 2. The normalized spacial score (nSPS) is 22.7. The van der Waals surface area contributed by atoms with Crippen molar-refractivity contribution < 1.29 is 8.85 Å². The molecule has 128 valence electrons. The summed E-state index contributed by atoms with van der Waals surface area (Å²) in [5.41, 5.74) is 2.71. The molecule has 2 nitrogen and oxygen atoms in total. The average molecular weight is 333 g/mol. The van der Waals surface area contributed by atoms with E-state index >= 15 is 0 Å². The van der Waals surface area contributed by atoms with E-state index in [1.807, 2.05) is 14.2 Å². The molecule has 1 aliphatic carbocycles. The molecule has 0 heterocycles. The van der Waals surface area contributed by atoms with E-state index in [0.29, 0.717) is 5.92 Å². The van der Waals surface area contributed by atoms with Crippen LogP contribution in [0.3, 0.4) is 0 Å². The summed E-state index contributed by atoms with van der Waals surface area (Å²) in [5, 5.41) is -0.0750. The van der Waals surface area contributed by atoms with Gasteiger partial charge in [-0.05, 0) is 23.5 Å². The fourth-order valence-corrected chi connectivity index (χ4v) is 9.66. The average Bonchev–Trinajstić information content (AvgIpc) is 2.55. The summed E-state index contributed by atoms with van der Waals surface area (Å²) in [4.78, 5) is 0. The van der Waals surface area contributed by atoms with E-state index < -0.39 is 8.56 Å². The molecule has 0 spiro atoms. The Balaban J connectivity index is 2.54. The van der Waals surface area contributed by atoms with Gasteiger partial charge < -0.3 is 8.85 Å². The lowest BCUT2D eigenvalue weighted by atomic mass is 9.89. The highest BCUT2D eigenvalue weighted by Gasteiger charge is 2.63. The largest absolute Gasteiger partial charge is 0.397 e. The number of hydrogen-bond donors (Lipinski definition) is 0. The van der Waals surface area contributed by atoms with Gasteiger partial charge in [0.05, 0.1) is 0 Å². The summed E-state index contributed by atoms with van der Waals surface area (Å²) in [7, 11) is 1.16. The van der Waals surface area contributed by atoms with E-state index in [2.05, 4.69) is 71.0 Å². The third-order valence-corrected chi connectivity index (χ3v) is 11.4. The van der Waals surface area contributed by atoms with Gasteiger partial charge in [0.15, 0.2) is 0 Å². The Morgan fingerprint density at radius 3 is 2.39 bits per heavy atom. The van der Waals surface area contributed by atoms with Gasteiger partial charge in [-0.2, -0.15) is 0 Å². The smallest absolute Gasteiger partial charge is 0.354 e. The fraction of sp³-hybridized carbons (Fsp3) is 0.600. The summed E-state index contributed by atoms with van der Waals surface area (Å²) < 4.78 is 12.6. The maximum Gasteiger partial charge on any atom is 0.354 e. The Hall–Kier alpha value is -0.903. The molecule has 0 aromatic heterocycles. The molecular formula is C20H32O2Si. The molecular weight excluding hydrogens is 300 g/mol. The van der Waals surface area contributed by atoms with Gasteiger partial charge in [-0.25, -0.2) is 0 Å². The van der Waals surface area contributed by atoms with Crippen LogP contribution in [0.1, 0.15) is 52.2 Å². The SMILES string of the molecule is CCC(C)C(C)(C)[Si](OC)(OC)C1(C)C=Cc2ccccc2C1. The van der Waals surface area contributed by atoms with Crippen LogP contribution < -0.4 is 0 Å². The lowest BCUT2D eigenvalue weighted by Crippen LogP contribution is -2.60. The first-order valence-electron chi connectivity index (χ1n) is 8.65. The summed E-state index contributed by atoms with van der Waals surface area (Å²) >= 11 is 0. The van der Waals surface area contributed by atoms with Crippen molar-refractivity contribution in [3.05, 3.63) is 41.5 Å². The molecule has 0 saturated carbocycles. The predicted octanol–water partition coefficient (Wildman–Crippen LogP) is 5.58. The van der Waals surface area contributed by atoms with Gasteiger partial charge in [-0.3, -0.25) is 0 Å². The molecule has 2 rings (SSSR count). The highest BCUT2D eigenvalue weighted by molar-refractivity contribution is 6.74. The van der Waals surface area contributed by atoms with Gasteiger partial charge in [0.2, 0.25) is 0 Å². The molecule has 1 aromatic rings. The van der Waals surface area contributed by atoms with Crippen LogP contribution in [0.25, 0.3) is 6.08 Å². The molecule has 1 aromatic carbocycles. The topological polar surface area (TPSA) is 18.5 Å². The molecule has 0 N–H and O–H groups in total. The van der Waals surface area contributed by atoms with Crippen molar-refractivity contribution in [3.63, 3.8) is 0 Å². The van der Waals surface area contributed by atoms with Gasteiger partial charge in [-0.15, -0.1) is 0 Å². The minimum Gasteiger partial charge on any atom is -0.397 e. The molecule has 0 radical (unpaired) electrons. The second kappa shape index (κ2) is 6.54. The van der Waals surface area contributed by atoms with Crippen LogP contribution in [0.15, 0.2) is 30.3 Å². The number of rotatable bonds is 6. The summed E-state index contributed by atoms with van der Waals surface area (Å²) in [6.45, 7) is 11.6. The van der Waals surface area contributed by atoms with E-state index in [9.17, 15) is 0 Å². The van der Waals surface area contributed by atoms with Gasteiger partial charge in [0, 0.05) is 24.3 Å². The van der Waals surface area contributed by atoms with Crippen molar-refractivity contribution in [1.82, 2.24) is 0 Å². The molecule has 0 amide bonds. The molecule has 0 fully saturated rings. The minimum absolute atomic E-state index is 0.0105. The van der Waals surface area contributed by atoms with E-state index in [-0.39, 0.29) is 10.1 Å². The van der Waals surface area contributed by atoms with Crippen molar-refractivity contribution in [2.24, 2.45) is 5.92 Å². The minimum atomic E-state index is -2.53. The molecule has 2 unspecified atom stereocenters. The van der Waals surface area contributed by atoms with E-state index in [1.165, 1.54) is 11.1 Å². The first-order valence-corrected chi connectivity index (χ1v) is 10.5. The maximum absolute atomic E-state index is 6.30. The van der Waals surface area contributed by atoms with Crippen LogP contribution in [0.4, 0.5) is 0 Å². The van der Waals surface area contributed by atoms with Crippen LogP contribution in [0.2, 0.25) is 10.1 Å². The van der Waals surface area contributed by atoms with E-state index in [1.54, 1.807) is 0 Å². The zero-order valence-corrected chi connectivity index (χ0v) is 16.8. The molecule has 0 bridgehead atoms. The zero-order valence-electron chi connectivity index (χ0n) is 15.8. The lowest BCUT2D eigenvalue weighted by molar-refractivity contribution is 0.163. The van der Waals surface area contributed by atoms with Gasteiger partial charge in [0.1, 0.15) is 0 Å². The third-order valence-electron chi connectivity index (χ3n) is 6.26. The zero-order chi connectivity index (χ0) is 17.3. The first-order chi connectivity index (χ1) is 10.8. The number of allylic oxidation sites excluding steroid dienone is 1. The van der Waals surface area contributed by atoms with Crippen molar-refractivity contribution in [2.75, 3.05) is 14.2 Å². The van der Waals surface area contributed by atoms with Crippen LogP contribution in [0.5, 0.6) is 0 Å². The van der Waals surface area contributed by atoms with Gasteiger partial charge in [0.25, 0.3) is 0 Å². The van der Waals surface area contributed by atoms with Crippen molar-refractivity contribution in [3.8, 4) is 0 Å². The molecule has 0 saturated heterocycles. The van der Waals surface area contributed by atoms with Gasteiger partial charge in [-0.1, -0.05) is 77.5 Å². The molecule has 0 aliphatic heterocycles. The second-order valence-corrected chi connectivity index (χ2v) is 12.2.